The molecule has 1 heterocycles. The van der Waals surface area contributed by atoms with Gasteiger partial charge in [0.05, 0.1) is 23.9 Å². The molecule has 1 atom stereocenters. The second-order valence-electron chi connectivity index (χ2n) is 5.54. The van der Waals surface area contributed by atoms with E-state index in [9.17, 15) is 14.4 Å². The number of rotatable bonds is 5. The number of hydrogen-bond acceptors (Lipinski definition) is 5. The van der Waals surface area contributed by atoms with Crippen molar-refractivity contribution >= 4 is 40.3 Å². The SMILES string of the molecule is COC(=O)c1c(C)[nH]c(C(=O)C(C)OC(=O)c2cccc(I)c2)c1C. The molecule has 1 aromatic carbocycles. The van der Waals surface area contributed by atoms with Crippen LogP contribution in [0, 0.1) is 17.4 Å². The Kier molecular flexibility index (Phi) is 5.99. The van der Waals surface area contributed by atoms with E-state index in [2.05, 4.69) is 27.6 Å². The Morgan fingerprint density at radius 1 is 1.16 bits per heavy atom. The van der Waals surface area contributed by atoms with Crippen molar-refractivity contribution < 1.29 is 23.9 Å². The molecule has 1 aromatic heterocycles. The van der Waals surface area contributed by atoms with Crippen LogP contribution >= 0.6 is 22.6 Å². The molecule has 25 heavy (non-hydrogen) atoms. The third kappa shape index (κ3) is 4.09. The zero-order chi connectivity index (χ0) is 18.7. The Hall–Kier alpha value is -2.16. The fourth-order valence-electron chi connectivity index (χ4n) is 2.51. The summed E-state index contributed by atoms with van der Waals surface area (Å²) in [5, 5.41) is 0. The van der Waals surface area contributed by atoms with Crippen LogP contribution in [0.3, 0.4) is 0 Å². The number of esters is 2. The lowest BCUT2D eigenvalue weighted by Gasteiger charge is -2.12. The first-order valence-corrected chi connectivity index (χ1v) is 8.62. The van der Waals surface area contributed by atoms with Crippen molar-refractivity contribution in [3.63, 3.8) is 0 Å². The van der Waals surface area contributed by atoms with E-state index in [4.69, 9.17) is 9.47 Å². The lowest BCUT2D eigenvalue weighted by Crippen LogP contribution is -2.25. The molecule has 7 heteroatoms. The molecular weight excluding hydrogens is 437 g/mol. The van der Waals surface area contributed by atoms with E-state index in [1.54, 1.807) is 32.0 Å². The summed E-state index contributed by atoms with van der Waals surface area (Å²) >= 11 is 2.09. The zero-order valence-electron chi connectivity index (χ0n) is 14.3. The summed E-state index contributed by atoms with van der Waals surface area (Å²) in [5.41, 5.74) is 1.94. The molecule has 0 fully saturated rings. The van der Waals surface area contributed by atoms with E-state index in [0.29, 0.717) is 22.4 Å². The average molecular weight is 455 g/mol. The van der Waals surface area contributed by atoms with Crippen molar-refractivity contribution in [2.24, 2.45) is 0 Å². The van der Waals surface area contributed by atoms with E-state index in [1.807, 2.05) is 6.07 Å². The van der Waals surface area contributed by atoms with Crippen LogP contribution in [0.2, 0.25) is 0 Å². The second kappa shape index (κ2) is 7.81. The number of carbonyl (C=O) groups excluding carboxylic acids is 3. The Labute approximate surface area is 159 Å². The number of ether oxygens (including phenoxy) is 2. The highest BCUT2D eigenvalue weighted by atomic mass is 127. The number of aromatic nitrogens is 1. The quantitative estimate of drug-likeness (QED) is 0.424. The molecule has 0 amide bonds. The van der Waals surface area contributed by atoms with Gasteiger partial charge in [0.15, 0.2) is 6.10 Å². The second-order valence-corrected chi connectivity index (χ2v) is 6.78. The zero-order valence-corrected chi connectivity index (χ0v) is 16.5. The van der Waals surface area contributed by atoms with E-state index in [1.165, 1.54) is 14.0 Å². The minimum absolute atomic E-state index is 0.237. The number of carbonyl (C=O) groups is 3. The number of hydrogen-bond donors (Lipinski definition) is 1. The number of aromatic amines is 1. The molecule has 1 N–H and O–H groups in total. The fourth-order valence-corrected chi connectivity index (χ4v) is 3.05. The number of nitrogens with one attached hydrogen (secondary N) is 1. The summed E-state index contributed by atoms with van der Waals surface area (Å²) in [7, 11) is 1.28. The molecule has 0 aliphatic carbocycles. The number of Topliss-reactive ketones (excluding diaryl/α,β-unsaturated/α-hetero) is 1. The van der Waals surface area contributed by atoms with Crippen LogP contribution in [0.25, 0.3) is 0 Å². The fraction of sp³-hybridized carbons (Fsp3) is 0.278. The monoisotopic (exact) mass is 455 g/mol. The average Bonchev–Trinajstić information content (AvgIpc) is 2.87. The Bertz CT molecular complexity index is 840. The van der Waals surface area contributed by atoms with Crippen molar-refractivity contribution in [2.75, 3.05) is 7.11 Å². The minimum atomic E-state index is -0.993. The topological polar surface area (TPSA) is 85.5 Å². The van der Waals surface area contributed by atoms with Crippen LogP contribution in [0.4, 0.5) is 0 Å². The minimum Gasteiger partial charge on any atom is -0.465 e. The molecule has 0 spiro atoms. The van der Waals surface area contributed by atoms with Crippen molar-refractivity contribution in [1.29, 1.82) is 0 Å². The highest BCUT2D eigenvalue weighted by Gasteiger charge is 2.27. The maximum absolute atomic E-state index is 12.6. The van der Waals surface area contributed by atoms with Crippen LogP contribution in [0.15, 0.2) is 24.3 Å². The lowest BCUT2D eigenvalue weighted by molar-refractivity contribution is 0.0316. The number of halogens is 1. The molecule has 0 saturated carbocycles. The summed E-state index contributed by atoms with van der Waals surface area (Å²) < 4.78 is 10.9. The first-order valence-electron chi connectivity index (χ1n) is 7.54. The van der Waals surface area contributed by atoms with Gasteiger partial charge in [-0.2, -0.15) is 0 Å². The van der Waals surface area contributed by atoms with Gasteiger partial charge in [-0.3, -0.25) is 4.79 Å². The molecule has 1 unspecified atom stereocenters. The van der Waals surface area contributed by atoms with Gasteiger partial charge in [0, 0.05) is 9.26 Å². The van der Waals surface area contributed by atoms with Crippen LogP contribution in [-0.2, 0) is 9.47 Å². The standard InChI is InChI=1S/C18H18INO5/c1-9-14(18(23)24-4)10(2)20-15(9)16(21)11(3)25-17(22)12-6-5-7-13(19)8-12/h5-8,11,20H,1-4H3. The molecule has 132 valence electrons. The summed E-state index contributed by atoms with van der Waals surface area (Å²) in [5.74, 6) is -1.50. The van der Waals surface area contributed by atoms with Gasteiger partial charge < -0.3 is 14.5 Å². The van der Waals surface area contributed by atoms with Crippen LogP contribution in [0.5, 0.6) is 0 Å². The summed E-state index contributed by atoms with van der Waals surface area (Å²) in [4.78, 5) is 39.5. The summed E-state index contributed by atoms with van der Waals surface area (Å²) in [6.07, 6.45) is -0.993. The number of aryl methyl sites for hydroxylation is 1. The Morgan fingerprint density at radius 3 is 2.44 bits per heavy atom. The van der Waals surface area contributed by atoms with Gasteiger partial charge in [0.25, 0.3) is 0 Å². The van der Waals surface area contributed by atoms with E-state index in [0.717, 1.165) is 3.57 Å². The Morgan fingerprint density at radius 2 is 1.84 bits per heavy atom. The van der Waals surface area contributed by atoms with Gasteiger partial charge in [0.1, 0.15) is 0 Å². The molecule has 0 aliphatic rings. The molecule has 6 nitrogen and oxygen atoms in total. The van der Waals surface area contributed by atoms with Crippen molar-refractivity contribution in [3.05, 3.63) is 55.9 Å². The van der Waals surface area contributed by atoms with Crippen molar-refractivity contribution in [1.82, 2.24) is 4.98 Å². The summed E-state index contributed by atoms with van der Waals surface area (Å²) in [6.45, 7) is 4.83. The van der Waals surface area contributed by atoms with E-state index < -0.39 is 23.8 Å². The highest BCUT2D eigenvalue weighted by molar-refractivity contribution is 14.1. The molecule has 0 saturated heterocycles. The van der Waals surface area contributed by atoms with Gasteiger partial charge in [-0.1, -0.05) is 6.07 Å². The predicted molar refractivity (Wildman–Crippen MR) is 100.0 cm³/mol. The normalized spacial score (nSPS) is 11.7. The Balaban J connectivity index is 2.20. The smallest absolute Gasteiger partial charge is 0.339 e. The largest absolute Gasteiger partial charge is 0.465 e. The predicted octanol–water partition coefficient (Wildman–Crippen LogP) is 3.45. The molecule has 0 aliphatic heterocycles. The van der Waals surface area contributed by atoms with E-state index >= 15 is 0 Å². The highest BCUT2D eigenvalue weighted by Crippen LogP contribution is 2.21. The first-order chi connectivity index (χ1) is 11.8. The summed E-state index contributed by atoms with van der Waals surface area (Å²) in [6, 6.07) is 6.90. The van der Waals surface area contributed by atoms with Gasteiger partial charge >= 0.3 is 11.9 Å². The molecule has 2 aromatic rings. The third-order valence-electron chi connectivity index (χ3n) is 3.79. The molecule has 2 rings (SSSR count). The van der Waals surface area contributed by atoms with E-state index in [-0.39, 0.29) is 5.69 Å². The van der Waals surface area contributed by atoms with Gasteiger partial charge in [-0.25, -0.2) is 9.59 Å². The van der Waals surface area contributed by atoms with Gasteiger partial charge in [-0.15, -0.1) is 0 Å². The van der Waals surface area contributed by atoms with Crippen molar-refractivity contribution in [3.8, 4) is 0 Å². The number of ketones is 1. The van der Waals surface area contributed by atoms with Crippen LogP contribution in [-0.4, -0.2) is 35.9 Å². The van der Waals surface area contributed by atoms with Gasteiger partial charge in [0.2, 0.25) is 5.78 Å². The first kappa shape index (κ1) is 19.2. The number of benzene rings is 1. The number of methoxy groups -OCH3 is 1. The maximum Gasteiger partial charge on any atom is 0.339 e. The molecular formula is C18H18INO5. The maximum atomic E-state index is 12.6. The van der Waals surface area contributed by atoms with Crippen LogP contribution < -0.4 is 0 Å². The van der Waals surface area contributed by atoms with Crippen molar-refractivity contribution in [2.45, 2.75) is 26.9 Å². The number of H-pyrrole nitrogens is 1. The third-order valence-corrected chi connectivity index (χ3v) is 4.46. The lowest BCUT2D eigenvalue weighted by atomic mass is 10.1. The molecule has 0 bridgehead atoms. The van der Waals surface area contributed by atoms with Gasteiger partial charge in [-0.05, 0) is 67.1 Å². The van der Waals surface area contributed by atoms with Crippen LogP contribution in [0.1, 0.15) is 49.4 Å². The molecule has 0 radical (unpaired) electrons.